The van der Waals surface area contributed by atoms with Gasteiger partial charge in [-0.25, -0.2) is 4.39 Å². The number of rotatable bonds is 0. The number of ketones is 1. The molecular formula is C11H8FNO. The molecule has 0 amide bonds. The maximum atomic E-state index is 13.7. The quantitative estimate of drug-likeness (QED) is 0.626. The van der Waals surface area contributed by atoms with E-state index in [2.05, 4.69) is 0 Å². The largest absolute Gasteiger partial charge is 0.289 e. The van der Waals surface area contributed by atoms with Gasteiger partial charge in [-0.05, 0) is 18.1 Å². The molecule has 0 fully saturated rings. The zero-order valence-corrected chi connectivity index (χ0v) is 7.67. The van der Waals surface area contributed by atoms with Crippen LogP contribution in [0.3, 0.4) is 0 Å². The number of nitriles is 1. The molecule has 0 N–H and O–H groups in total. The summed E-state index contributed by atoms with van der Waals surface area (Å²) in [4.78, 5) is 11.6. The Morgan fingerprint density at radius 3 is 2.86 bits per heavy atom. The Labute approximate surface area is 81.0 Å². The van der Waals surface area contributed by atoms with Gasteiger partial charge in [0.1, 0.15) is 6.07 Å². The molecule has 0 saturated carbocycles. The normalized spacial score (nSPS) is 24.5. The lowest BCUT2D eigenvalue weighted by molar-refractivity contribution is 0.0819. The van der Waals surface area contributed by atoms with Crippen molar-refractivity contribution >= 4 is 5.78 Å². The van der Waals surface area contributed by atoms with E-state index >= 15 is 0 Å². The van der Waals surface area contributed by atoms with Crippen LogP contribution < -0.4 is 0 Å². The maximum absolute atomic E-state index is 13.7. The topological polar surface area (TPSA) is 40.9 Å². The molecule has 1 aromatic carbocycles. The number of carbonyl (C=O) groups excluding carboxylic acids is 1. The first-order chi connectivity index (χ1) is 6.58. The minimum atomic E-state index is -2.34. The van der Waals surface area contributed by atoms with Crippen LogP contribution in [0.4, 0.5) is 4.39 Å². The Hall–Kier alpha value is -1.69. The molecule has 1 unspecified atom stereocenters. The lowest BCUT2D eigenvalue weighted by atomic mass is 10.0. The van der Waals surface area contributed by atoms with Crippen molar-refractivity contribution in [3.05, 3.63) is 34.9 Å². The fourth-order valence-corrected chi connectivity index (χ4v) is 1.83. The summed E-state index contributed by atoms with van der Waals surface area (Å²) in [6, 6.07) is 6.66. The highest BCUT2D eigenvalue weighted by molar-refractivity contribution is 6.09. The molecule has 1 aliphatic rings. The fraction of sp³-hybridized carbons (Fsp3) is 0.273. The average Bonchev–Trinajstić information content (AvgIpc) is 2.42. The van der Waals surface area contributed by atoms with Crippen molar-refractivity contribution in [2.75, 3.05) is 0 Å². The van der Waals surface area contributed by atoms with E-state index in [9.17, 15) is 9.18 Å². The first kappa shape index (κ1) is 8.89. The van der Waals surface area contributed by atoms with Crippen LogP contribution in [0.1, 0.15) is 21.5 Å². The van der Waals surface area contributed by atoms with Gasteiger partial charge in [0.05, 0.1) is 0 Å². The first-order valence-corrected chi connectivity index (χ1v) is 4.32. The van der Waals surface area contributed by atoms with Crippen molar-refractivity contribution in [2.24, 2.45) is 0 Å². The monoisotopic (exact) mass is 189 g/mol. The SMILES string of the molecule is Cc1cccc2c1C(=O)C(F)(C#N)C2. The van der Waals surface area contributed by atoms with Crippen LogP contribution in [0.5, 0.6) is 0 Å². The van der Waals surface area contributed by atoms with Gasteiger partial charge in [0.25, 0.3) is 5.67 Å². The Morgan fingerprint density at radius 2 is 2.29 bits per heavy atom. The molecule has 2 nitrogen and oxygen atoms in total. The van der Waals surface area contributed by atoms with Gasteiger partial charge in [-0.1, -0.05) is 18.2 Å². The second kappa shape index (κ2) is 2.65. The van der Waals surface area contributed by atoms with Crippen LogP contribution in [0.25, 0.3) is 0 Å². The number of aryl methyl sites for hydroxylation is 1. The van der Waals surface area contributed by atoms with Gasteiger partial charge in [0, 0.05) is 12.0 Å². The number of nitrogens with zero attached hydrogens (tertiary/aromatic N) is 1. The Bertz CT molecular complexity index is 461. The van der Waals surface area contributed by atoms with Gasteiger partial charge in [-0.2, -0.15) is 5.26 Å². The molecule has 1 aliphatic carbocycles. The van der Waals surface area contributed by atoms with E-state index < -0.39 is 11.5 Å². The second-order valence-corrected chi connectivity index (χ2v) is 3.53. The molecule has 0 saturated heterocycles. The molecular weight excluding hydrogens is 181 g/mol. The van der Waals surface area contributed by atoms with Gasteiger partial charge < -0.3 is 0 Å². The number of alkyl halides is 1. The number of fused-ring (bicyclic) bond motifs is 1. The summed E-state index contributed by atoms with van der Waals surface area (Å²) in [6.07, 6.45) is -0.112. The molecule has 0 bridgehead atoms. The summed E-state index contributed by atoms with van der Waals surface area (Å²) in [5.41, 5.74) is -0.577. The summed E-state index contributed by atoms with van der Waals surface area (Å²) in [5, 5.41) is 8.61. The van der Waals surface area contributed by atoms with Crippen LogP contribution in [0, 0.1) is 18.3 Å². The van der Waals surface area contributed by atoms with E-state index in [1.54, 1.807) is 25.1 Å². The minimum Gasteiger partial charge on any atom is -0.289 e. The molecule has 2 rings (SSSR count). The lowest BCUT2D eigenvalue weighted by Gasteiger charge is -2.05. The van der Waals surface area contributed by atoms with Gasteiger partial charge in [0.2, 0.25) is 5.78 Å². The van der Waals surface area contributed by atoms with Crippen LogP contribution in [-0.2, 0) is 6.42 Å². The van der Waals surface area contributed by atoms with Crippen molar-refractivity contribution in [2.45, 2.75) is 19.0 Å². The van der Waals surface area contributed by atoms with Crippen molar-refractivity contribution < 1.29 is 9.18 Å². The van der Waals surface area contributed by atoms with E-state index in [0.717, 1.165) is 5.56 Å². The molecule has 0 radical (unpaired) electrons. The van der Waals surface area contributed by atoms with Crippen LogP contribution in [0.2, 0.25) is 0 Å². The van der Waals surface area contributed by atoms with Crippen molar-refractivity contribution in [1.82, 2.24) is 0 Å². The van der Waals surface area contributed by atoms with Crippen LogP contribution in [-0.4, -0.2) is 11.5 Å². The third kappa shape index (κ3) is 0.973. The summed E-state index contributed by atoms with van der Waals surface area (Å²) >= 11 is 0. The van der Waals surface area contributed by atoms with Crippen LogP contribution >= 0.6 is 0 Å². The standard InChI is InChI=1S/C11H8FNO/c1-7-3-2-4-8-5-11(12,6-13)10(14)9(7)8/h2-4H,5H2,1H3. The minimum absolute atomic E-state index is 0.112. The summed E-state index contributed by atoms with van der Waals surface area (Å²) in [7, 11) is 0. The molecule has 1 atom stereocenters. The molecule has 3 heteroatoms. The molecule has 0 aromatic heterocycles. The highest BCUT2D eigenvalue weighted by atomic mass is 19.1. The third-order valence-corrected chi connectivity index (χ3v) is 2.56. The van der Waals surface area contributed by atoms with E-state index in [4.69, 9.17) is 5.26 Å². The molecule has 70 valence electrons. The molecule has 1 aromatic rings. The maximum Gasteiger partial charge on any atom is 0.261 e. The van der Waals surface area contributed by atoms with Crippen LogP contribution in [0.15, 0.2) is 18.2 Å². The number of carbonyl (C=O) groups is 1. The summed E-state index contributed by atoms with van der Waals surface area (Å²) in [5.74, 6) is -0.687. The molecule has 0 spiro atoms. The Kier molecular flexibility index (Phi) is 1.68. The van der Waals surface area contributed by atoms with Gasteiger partial charge in [-0.3, -0.25) is 4.79 Å². The van der Waals surface area contributed by atoms with Gasteiger partial charge in [-0.15, -0.1) is 0 Å². The van der Waals surface area contributed by atoms with E-state index in [1.807, 2.05) is 0 Å². The molecule has 14 heavy (non-hydrogen) atoms. The second-order valence-electron chi connectivity index (χ2n) is 3.53. The number of benzene rings is 1. The summed E-state index contributed by atoms with van der Waals surface area (Å²) < 4.78 is 13.7. The number of halogens is 1. The molecule has 0 heterocycles. The third-order valence-electron chi connectivity index (χ3n) is 2.56. The van der Waals surface area contributed by atoms with E-state index in [0.29, 0.717) is 11.1 Å². The number of hydrogen-bond donors (Lipinski definition) is 0. The van der Waals surface area contributed by atoms with Crippen molar-refractivity contribution in [3.8, 4) is 6.07 Å². The van der Waals surface area contributed by atoms with E-state index in [1.165, 1.54) is 6.07 Å². The Morgan fingerprint density at radius 1 is 1.57 bits per heavy atom. The van der Waals surface area contributed by atoms with E-state index in [-0.39, 0.29) is 6.42 Å². The zero-order chi connectivity index (χ0) is 10.3. The van der Waals surface area contributed by atoms with Crippen molar-refractivity contribution in [3.63, 3.8) is 0 Å². The highest BCUT2D eigenvalue weighted by Gasteiger charge is 2.47. The van der Waals surface area contributed by atoms with Crippen molar-refractivity contribution in [1.29, 1.82) is 5.26 Å². The van der Waals surface area contributed by atoms with Gasteiger partial charge >= 0.3 is 0 Å². The average molecular weight is 189 g/mol. The number of Topliss-reactive ketones (excluding diaryl/α,β-unsaturated/α-hetero) is 1. The van der Waals surface area contributed by atoms with Gasteiger partial charge in [0.15, 0.2) is 0 Å². The number of hydrogen-bond acceptors (Lipinski definition) is 2. The summed E-state index contributed by atoms with van der Waals surface area (Å²) in [6.45, 7) is 1.75. The highest BCUT2D eigenvalue weighted by Crippen LogP contribution is 2.34. The zero-order valence-electron chi connectivity index (χ0n) is 7.67. The first-order valence-electron chi connectivity index (χ1n) is 4.32. The predicted octanol–water partition coefficient (Wildman–Crippen LogP) is 1.97. The predicted molar refractivity (Wildman–Crippen MR) is 48.7 cm³/mol. The lowest BCUT2D eigenvalue weighted by Crippen LogP contribution is -2.28. The Balaban J connectivity index is 2.64. The fourth-order valence-electron chi connectivity index (χ4n) is 1.83. The smallest absolute Gasteiger partial charge is 0.261 e. The molecule has 0 aliphatic heterocycles.